The monoisotopic (exact) mass is 230 g/mol. The molecule has 0 aliphatic carbocycles. The molecule has 3 nitrogen and oxygen atoms in total. The molecular formula is C11H22N2OS. The van der Waals surface area contributed by atoms with E-state index in [0.717, 1.165) is 13.0 Å². The van der Waals surface area contributed by atoms with Gasteiger partial charge in [-0.15, -0.1) is 0 Å². The van der Waals surface area contributed by atoms with Crippen molar-refractivity contribution in [3.63, 3.8) is 0 Å². The van der Waals surface area contributed by atoms with Gasteiger partial charge in [0, 0.05) is 12.6 Å². The van der Waals surface area contributed by atoms with Gasteiger partial charge in [-0.3, -0.25) is 4.79 Å². The minimum atomic E-state index is -0.297. The van der Waals surface area contributed by atoms with Crippen molar-refractivity contribution in [3.8, 4) is 0 Å². The molecule has 0 rings (SSSR count). The lowest BCUT2D eigenvalue weighted by atomic mass is 10.0. The fraction of sp³-hybridized carbons (Fsp3) is 0.818. The number of carbonyl (C=O) groups excluding carboxylic acids is 1. The summed E-state index contributed by atoms with van der Waals surface area (Å²) in [6.45, 7) is 8.80. The van der Waals surface area contributed by atoms with Gasteiger partial charge in [-0.05, 0) is 26.7 Å². The molecule has 0 fully saturated rings. The summed E-state index contributed by atoms with van der Waals surface area (Å²) < 4.78 is 0. The van der Waals surface area contributed by atoms with Crippen molar-refractivity contribution in [2.24, 2.45) is 11.7 Å². The Hall–Kier alpha value is -0.640. The van der Waals surface area contributed by atoms with Crippen molar-refractivity contribution in [3.05, 3.63) is 0 Å². The molecule has 1 amide bonds. The normalized spacial score (nSPS) is 12.6. The predicted octanol–water partition coefficient (Wildman–Crippen LogP) is 1.95. The topological polar surface area (TPSA) is 46.3 Å². The van der Waals surface area contributed by atoms with Crippen LogP contribution >= 0.6 is 12.2 Å². The standard InChI is InChI=1S/C11H22N2OS/c1-5-7-13(8(3)4)11(14)9(6-2)10(12)15/h8-9H,5-7H2,1-4H3,(H2,12,15). The van der Waals surface area contributed by atoms with Crippen LogP contribution in [0.1, 0.15) is 40.5 Å². The van der Waals surface area contributed by atoms with Crippen LogP contribution in [0.2, 0.25) is 0 Å². The molecule has 2 N–H and O–H groups in total. The third-order valence-electron chi connectivity index (χ3n) is 2.42. The number of nitrogens with zero attached hydrogens (tertiary/aromatic N) is 1. The van der Waals surface area contributed by atoms with E-state index in [2.05, 4.69) is 6.92 Å². The van der Waals surface area contributed by atoms with Gasteiger partial charge in [-0.1, -0.05) is 26.1 Å². The van der Waals surface area contributed by atoms with E-state index in [1.54, 1.807) is 0 Å². The van der Waals surface area contributed by atoms with E-state index in [-0.39, 0.29) is 17.9 Å². The molecule has 0 saturated heterocycles. The van der Waals surface area contributed by atoms with E-state index in [0.29, 0.717) is 11.4 Å². The Labute approximate surface area is 98.0 Å². The molecule has 15 heavy (non-hydrogen) atoms. The maximum Gasteiger partial charge on any atom is 0.232 e. The van der Waals surface area contributed by atoms with Crippen LogP contribution in [0.25, 0.3) is 0 Å². The Morgan fingerprint density at radius 3 is 2.20 bits per heavy atom. The van der Waals surface area contributed by atoms with Crippen molar-refractivity contribution in [1.29, 1.82) is 0 Å². The summed E-state index contributed by atoms with van der Waals surface area (Å²) in [6, 6.07) is 0.209. The number of hydrogen-bond acceptors (Lipinski definition) is 2. The highest BCUT2D eigenvalue weighted by molar-refractivity contribution is 7.80. The highest BCUT2D eigenvalue weighted by atomic mass is 32.1. The molecule has 1 unspecified atom stereocenters. The van der Waals surface area contributed by atoms with E-state index in [4.69, 9.17) is 18.0 Å². The van der Waals surface area contributed by atoms with Crippen LogP contribution < -0.4 is 5.73 Å². The Morgan fingerprint density at radius 1 is 1.40 bits per heavy atom. The van der Waals surface area contributed by atoms with Gasteiger partial charge >= 0.3 is 0 Å². The highest BCUT2D eigenvalue weighted by Gasteiger charge is 2.25. The Balaban J connectivity index is 4.67. The van der Waals surface area contributed by atoms with Crippen LogP contribution in [0.3, 0.4) is 0 Å². The minimum Gasteiger partial charge on any atom is -0.393 e. The summed E-state index contributed by atoms with van der Waals surface area (Å²) in [5, 5.41) is 0. The number of amides is 1. The van der Waals surface area contributed by atoms with Gasteiger partial charge in [0.25, 0.3) is 0 Å². The lowest BCUT2D eigenvalue weighted by Crippen LogP contribution is -2.44. The highest BCUT2D eigenvalue weighted by Crippen LogP contribution is 2.11. The Morgan fingerprint density at radius 2 is 1.93 bits per heavy atom. The molecule has 0 aromatic carbocycles. The van der Waals surface area contributed by atoms with E-state index >= 15 is 0 Å². The fourth-order valence-corrected chi connectivity index (χ4v) is 1.83. The van der Waals surface area contributed by atoms with Gasteiger partial charge in [0.05, 0.1) is 10.9 Å². The number of nitrogens with two attached hydrogens (primary N) is 1. The van der Waals surface area contributed by atoms with E-state index in [9.17, 15) is 4.79 Å². The Kier molecular flexibility index (Phi) is 6.48. The van der Waals surface area contributed by atoms with E-state index in [1.807, 2.05) is 25.7 Å². The van der Waals surface area contributed by atoms with Crippen molar-refractivity contribution in [2.75, 3.05) is 6.54 Å². The van der Waals surface area contributed by atoms with Gasteiger partial charge in [0.15, 0.2) is 0 Å². The molecule has 0 saturated carbocycles. The molecule has 1 atom stereocenters. The second kappa shape index (κ2) is 6.77. The molecule has 0 aromatic heterocycles. The van der Waals surface area contributed by atoms with E-state index < -0.39 is 0 Å². The van der Waals surface area contributed by atoms with Gasteiger partial charge in [0.2, 0.25) is 5.91 Å². The maximum absolute atomic E-state index is 12.1. The lowest BCUT2D eigenvalue weighted by molar-refractivity contribution is -0.135. The first kappa shape index (κ1) is 14.4. The van der Waals surface area contributed by atoms with Crippen molar-refractivity contribution >= 4 is 23.1 Å². The summed E-state index contributed by atoms with van der Waals surface area (Å²) in [4.78, 5) is 14.3. The van der Waals surface area contributed by atoms with E-state index in [1.165, 1.54) is 0 Å². The summed E-state index contributed by atoms with van der Waals surface area (Å²) in [7, 11) is 0. The third kappa shape index (κ3) is 4.16. The number of rotatable bonds is 6. The first-order chi connectivity index (χ1) is 6.95. The van der Waals surface area contributed by atoms with Crippen LogP contribution in [0.15, 0.2) is 0 Å². The molecule has 0 heterocycles. The molecular weight excluding hydrogens is 208 g/mol. The third-order valence-corrected chi connectivity index (χ3v) is 2.71. The van der Waals surface area contributed by atoms with Crippen LogP contribution in [-0.4, -0.2) is 28.4 Å². The molecule has 0 aliphatic rings. The molecule has 0 aromatic rings. The van der Waals surface area contributed by atoms with Gasteiger partial charge < -0.3 is 10.6 Å². The average Bonchev–Trinajstić information content (AvgIpc) is 2.13. The number of thiocarbonyl (C=S) groups is 1. The zero-order valence-corrected chi connectivity index (χ0v) is 10.9. The number of carbonyl (C=O) groups is 1. The smallest absolute Gasteiger partial charge is 0.232 e. The molecule has 88 valence electrons. The van der Waals surface area contributed by atoms with Crippen molar-refractivity contribution in [2.45, 2.75) is 46.6 Å². The predicted molar refractivity (Wildman–Crippen MR) is 67.7 cm³/mol. The van der Waals surface area contributed by atoms with Crippen LogP contribution in [0, 0.1) is 5.92 Å². The molecule has 0 aliphatic heterocycles. The minimum absolute atomic E-state index is 0.0712. The first-order valence-corrected chi connectivity index (χ1v) is 5.96. The van der Waals surface area contributed by atoms with Crippen molar-refractivity contribution < 1.29 is 4.79 Å². The molecule has 0 radical (unpaired) electrons. The Bertz CT molecular complexity index is 229. The molecule has 4 heteroatoms. The molecule has 0 bridgehead atoms. The maximum atomic E-state index is 12.1. The quantitative estimate of drug-likeness (QED) is 0.709. The van der Waals surface area contributed by atoms with Crippen LogP contribution in [-0.2, 0) is 4.79 Å². The van der Waals surface area contributed by atoms with Gasteiger partial charge in [-0.25, -0.2) is 0 Å². The summed E-state index contributed by atoms with van der Waals surface area (Å²) in [6.07, 6.45) is 1.64. The van der Waals surface area contributed by atoms with Crippen LogP contribution in [0.5, 0.6) is 0 Å². The second-order valence-electron chi connectivity index (χ2n) is 3.99. The number of hydrogen-bond donors (Lipinski definition) is 1. The summed E-state index contributed by atoms with van der Waals surface area (Å²) in [5.41, 5.74) is 5.57. The SMILES string of the molecule is CCCN(C(=O)C(CC)C(N)=S)C(C)C. The van der Waals surface area contributed by atoms with Crippen molar-refractivity contribution in [1.82, 2.24) is 4.90 Å². The summed E-state index contributed by atoms with van der Waals surface area (Å²) >= 11 is 4.91. The first-order valence-electron chi connectivity index (χ1n) is 5.55. The van der Waals surface area contributed by atoms with Gasteiger partial charge in [0.1, 0.15) is 0 Å². The average molecular weight is 230 g/mol. The second-order valence-corrected chi connectivity index (χ2v) is 4.46. The molecule has 0 spiro atoms. The zero-order valence-electron chi connectivity index (χ0n) is 10.1. The fourth-order valence-electron chi connectivity index (χ4n) is 1.56. The van der Waals surface area contributed by atoms with Crippen LogP contribution in [0.4, 0.5) is 0 Å². The van der Waals surface area contributed by atoms with Gasteiger partial charge in [-0.2, -0.15) is 0 Å². The summed E-state index contributed by atoms with van der Waals surface area (Å²) in [5.74, 6) is -0.226. The lowest BCUT2D eigenvalue weighted by Gasteiger charge is -2.29. The largest absolute Gasteiger partial charge is 0.393 e. The zero-order chi connectivity index (χ0) is 12.0.